The Kier molecular flexibility index (Phi) is 8.85. The summed E-state index contributed by atoms with van der Waals surface area (Å²) >= 11 is 0. The molecule has 1 fully saturated rings. The standard InChI is InChI=1S/C29H36N6O4/c1-4-9-23-25(26(27(30)36)33(3)32-23)31-28(37)22-19-20(12-13-24(22)39-18-5-2)29(38)35-16-14-34(15-17-35)21-10-7-6-8-11-21/h6-8,10-13,19H,4-5,9,14-18H2,1-3H3,(H2,30,36)(H,31,37). The van der Waals surface area contributed by atoms with E-state index in [1.807, 2.05) is 32.0 Å². The summed E-state index contributed by atoms with van der Waals surface area (Å²) in [7, 11) is 1.61. The van der Waals surface area contributed by atoms with Crippen LogP contribution in [0.1, 0.15) is 63.6 Å². The molecule has 2 aromatic carbocycles. The van der Waals surface area contributed by atoms with Gasteiger partial charge in [-0.2, -0.15) is 5.10 Å². The van der Waals surface area contributed by atoms with Gasteiger partial charge in [0.15, 0.2) is 0 Å². The number of piperazine rings is 1. The molecule has 3 aromatic rings. The van der Waals surface area contributed by atoms with Crippen LogP contribution in [0.3, 0.4) is 0 Å². The molecule has 3 amide bonds. The lowest BCUT2D eigenvalue weighted by Gasteiger charge is -2.36. The van der Waals surface area contributed by atoms with Crippen molar-refractivity contribution >= 4 is 29.1 Å². The third-order valence-electron chi connectivity index (χ3n) is 6.70. The van der Waals surface area contributed by atoms with E-state index in [0.717, 1.165) is 31.6 Å². The number of aryl methyl sites for hydroxylation is 2. The number of para-hydroxylation sites is 1. The van der Waals surface area contributed by atoms with Crippen LogP contribution >= 0.6 is 0 Å². The van der Waals surface area contributed by atoms with E-state index in [2.05, 4.69) is 27.4 Å². The lowest BCUT2D eigenvalue weighted by molar-refractivity contribution is 0.0746. The van der Waals surface area contributed by atoms with Gasteiger partial charge in [0.25, 0.3) is 17.7 Å². The highest BCUT2D eigenvalue weighted by atomic mass is 16.5. The van der Waals surface area contributed by atoms with Gasteiger partial charge in [0.2, 0.25) is 0 Å². The molecule has 2 heterocycles. The predicted octanol–water partition coefficient (Wildman–Crippen LogP) is 3.48. The fourth-order valence-corrected chi connectivity index (χ4v) is 4.75. The van der Waals surface area contributed by atoms with E-state index in [9.17, 15) is 14.4 Å². The number of ether oxygens (including phenoxy) is 1. The first-order valence-corrected chi connectivity index (χ1v) is 13.4. The number of rotatable bonds is 10. The van der Waals surface area contributed by atoms with Crippen molar-refractivity contribution < 1.29 is 19.1 Å². The number of carbonyl (C=O) groups is 3. The Morgan fingerprint density at radius 1 is 1.00 bits per heavy atom. The fraction of sp³-hybridized carbons (Fsp3) is 0.379. The molecule has 0 atom stereocenters. The zero-order valence-electron chi connectivity index (χ0n) is 22.8. The molecule has 0 radical (unpaired) electrons. The lowest BCUT2D eigenvalue weighted by Crippen LogP contribution is -2.48. The Morgan fingerprint density at radius 3 is 2.36 bits per heavy atom. The maximum atomic E-state index is 13.6. The number of aromatic nitrogens is 2. The first-order valence-electron chi connectivity index (χ1n) is 13.4. The van der Waals surface area contributed by atoms with Crippen molar-refractivity contribution in [2.75, 3.05) is 43.0 Å². The van der Waals surface area contributed by atoms with Crippen LogP contribution in [-0.4, -0.2) is 65.2 Å². The molecule has 1 aliphatic heterocycles. The topological polar surface area (TPSA) is 123 Å². The Bertz CT molecular complexity index is 1330. The third-order valence-corrected chi connectivity index (χ3v) is 6.70. The number of nitrogens with two attached hydrogens (primary N) is 1. The number of primary amides is 1. The molecule has 1 aromatic heterocycles. The second-order valence-electron chi connectivity index (χ2n) is 9.54. The zero-order valence-corrected chi connectivity index (χ0v) is 22.8. The lowest BCUT2D eigenvalue weighted by atomic mass is 10.1. The predicted molar refractivity (Wildman–Crippen MR) is 150 cm³/mol. The highest BCUT2D eigenvalue weighted by Crippen LogP contribution is 2.27. The average Bonchev–Trinajstić information content (AvgIpc) is 3.26. The summed E-state index contributed by atoms with van der Waals surface area (Å²) in [5.41, 5.74) is 8.31. The van der Waals surface area contributed by atoms with Gasteiger partial charge in [0.05, 0.1) is 23.6 Å². The van der Waals surface area contributed by atoms with Gasteiger partial charge >= 0.3 is 0 Å². The SMILES string of the molecule is CCCOc1ccc(C(=O)N2CCN(c3ccccc3)CC2)cc1C(=O)Nc1c(CCC)nn(C)c1C(N)=O. The number of hydrogen-bond acceptors (Lipinski definition) is 6. The second-order valence-corrected chi connectivity index (χ2v) is 9.54. The van der Waals surface area contributed by atoms with E-state index in [4.69, 9.17) is 10.5 Å². The summed E-state index contributed by atoms with van der Waals surface area (Å²) < 4.78 is 7.23. The highest BCUT2D eigenvalue weighted by molar-refractivity contribution is 6.11. The summed E-state index contributed by atoms with van der Waals surface area (Å²) in [5, 5.41) is 7.21. The molecule has 10 nitrogen and oxygen atoms in total. The van der Waals surface area contributed by atoms with Gasteiger partial charge in [0.1, 0.15) is 11.4 Å². The summed E-state index contributed by atoms with van der Waals surface area (Å²) in [4.78, 5) is 43.2. The van der Waals surface area contributed by atoms with E-state index in [0.29, 0.717) is 43.1 Å². The van der Waals surface area contributed by atoms with Gasteiger partial charge in [-0.1, -0.05) is 38.5 Å². The molecule has 39 heavy (non-hydrogen) atoms. The average molecular weight is 533 g/mol. The molecule has 1 aliphatic rings. The first kappa shape index (κ1) is 27.7. The summed E-state index contributed by atoms with van der Waals surface area (Å²) in [6.07, 6.45) is 2.08. The van der Waals surface area contributed by atoms with Crippen LogP contribution in [0, 0.1) is 0 Å². The van der Waals surface area contributed by atoms with Crippen molar-refractivity contribution in [2.24, 2.45) is 12.8 Å². The number of amides is 3. The van der Waals surface area contributed by atoms with Crippen LogP contribution in [0.5, 0.6) is 5.75 Å². The molecule has 0 aliphatic carbocycles. The smallest absolute Gasteiger partial charge is 0.269 e. The zero-order chi connectivity index (χ0) is 27.9. The van der Waals surface area contributed by atoms with E-state index in [1.165, 1.54) is 4.68 Å². The maximum absolute atomic E-state index is 13.6. The maximum Gasteiger partial charge on any atom is 0.269 e. The molecule has 0 saturated carbocycles. The van der Waals surface area contributed by atoms with E-state index < -0.39 is 11.8 Å². The molecule has 3 N–H and O–H groups in total. The summed E-state index contributed by atoms with van der Waals surface area (Å²) in [6.45, 7) is 6.95. The Hall–Kier alpha value is -4.34. The van der Waals surface area contributed by atoms with Crippen LogP contribution in [0.25, 0.3) is 0 Å². The monoisotopic (exact) mass is 532 g/mol. The minimum Gasteiger partial charge on any atom is -0.493 e. The Labute approximate surface area is 228 Å². The normalized spacial score (nSPS) is 13.3. The molecular weight excluding hydrogens is 496 g/mol. The van der Waals surface area contributed by atoms with Crippen molar-refractivity contribution in [1.82, 2.24) is 14.7 Å². The summed E-state index contributed by atoms with van der Waals surface area (Å²) in [6, 6.07) is 15.0. The summed E-state index contributed by atoms with van der Waals surface area (Å²) in [5.74, 6) is -0.979. The minimum atomic E-state index is -0.691. The van der Waals surface area contributed by atoms with Crippen LogP contribution in [0.2, 0.25) is 0 Å². The molecular formula is C29H36N6O4. The minimum absolute atomic E-state index is 0.117. The van der Waals surface area contributed by atoms with Crippen molar-refractivity contribution in [3.63, 3.8) is 0 Å². The van der Waals surface area contributed by atoms with E-state index in [-0.39, 0.29) is 22.9 Å². The fourth-order valence-electron chi connectivity index (χ4n) is 4.75. The molecule has 1 saturated heterocycles. The van der Waals surface area contributed by atoms with Gasteiger partial charge in [-0.3, -0.25) is 19.1 Å². The van der Waals surface area contributed by atoms with Crippen molar-refractivity contribution in [3.8, 4) is 5.75 Å². The van der Waals surface area contributed by atoms with E-state index >= 15 is 0 Å². The largest absolute Gasteiger partial charge is 0.493 e. The number of nitrogens with one attached hydrogen (secondary N) is 1. The van der Waals surface area contributed by atoms with Crippen molar-refractivity contribution in [2.45, 2.75) is 33.1 Å². The molecule has 0 spiro atoms. The van der Waals surface area contributed by atoms with Crippen LogP contribution in [0.4, 0.5) is 11.4 Å². The Morgan fingerprint density at radius 2 is 1.72 bits per heavy atom. The molecule has 0 bridgehead atoms. The molecule has 4 rings (SSSR count). The van der Waals surface area contributed by atoms with Crippen molar-refractivity contribution in [3.05, 3.63) is 71.0 Å². The Balaban J connectivity index is 1.58. The second kappa shape index (κ2) is 12.5. The van der Waals surface area contributed by atoms with Crippen LogP contribution in [-0.2, 0) is 13.5 Å². The van der Waals surface area contributed by atoms with Gasteiger partial charge < -0.3 is 25.6 Å². The third kappa shape index (κ3) is 6.22. The quantitative estimate of drug-likeness (QED) is 0.412. The number of anilines is 2. The molecule has 10 heteroatoms. The number of benzene rings is 2. The van der Waals surface area contributed by atoms with Crippen LogP contribution < -0.4 is 20.7 Å². The number of hydrogen-bond donors (Lipinski definition) is 2. The van der Waals surface area contributed by atoms with Crippen molar-refractivity contribution in [1.29, 1.82) is 0 Å². The van der Waals surface area contributed by atoms with E-state index in [1.54, 1.807) is 30.1 Å². The van der Waals surface area contributed by atoms with Gasteiger partial charge in [-0.15, -0.1) is 0 Å². The molecule has 0 unspecified atom stereocenters. The molecule has 206 valence electrons. The highest BCUT2D eigenvalue weighted by Gasteiger charge is 2.26. The van der Waals surface area contributed by atoms with Gasteiger partial charge in [-0.05, 0) is 43.2 Å². The number of carbonyl (C=O) groups excluding carboxylic acids is 3. The van der Waals surface area contributed by atoms with Crippen LogP contribution in [0.15, 0.2) is 48.5 Å². The van der Waals surface area contributed by atoms with Gasteiger partial charge in [-0.25, -0.2) is 0 Å². The number of nitrogens with zero attached hydrogens (tertiary/aromatic N) is 4. The first-order chi connectivity index (χ1) is 18.8. The van der Waals surface area contributed by atoms with Gasteiger partial charge in [0, 0.05) is 44.5 Å².